The first kappa shape index (κ1) is 15.0. The predicted molar refractivity (Wildman–Crippen MR) is 79.4 cm³/mol. The van der Waals surface area contributed by atoms with Gasteiger partial charge < -0.3 is 10.0 Å². The van der Waals surface area contributed by atoms with Crippen LogP contribution in [0.3, 0.4) is 0 Å². The molecule has 2 aromatic carbocycles. The second-order valence-electron chi connectivity index (χ2n) is 5.08. The Labute approximate surface area is 123 Å². The number of carbonyl (C=O) groups is 1. The fraction of sp³-hybridized carbons (Fsp3) is 0.235. The maximum atomic E-state index is 12.8. The molecule has 0 saturated carbocycles. The van der Waals surface area contributed by atoms with Gasteiger partial charge in [0.05, 0.1) is 12.5 Å². The predicted octanol–water partition coefficient (Wildman–Crippen LogP) is 3.29. The third-order valence-electron chi connectivity index (χ3n) is 3.62. The standard InChI is InChI=1S/C17H18FNO2/c1-12(14-5-9-16(20)10-6-14)19(2)17(21)11-13-3-7-15(18)8-4-13/h3-10,12,20H,11H2,1-2H3. The van der Waals surface area contributed by atoms with Crippen LogP contribution in [0.15, 0.2) is 48.5 Å². The molecule has 1 unspecified atom stereocenters. The Kier molecular flexibility index (Phi) is 4.58. The summed E-state index contributed by atoms with van der Waals surface area (Å²) >= 11 is 0. The van der Waals surface area contributed by atoms with Crippen LogP contribution in [-0.4, -0.2) is 23.0 Å². The zero-order valence-corrected chi connectivity index (χ0v) is 12.1. The van der Waals surface area contributed by atoms with E-state index < -0.39 is 0 Å². The van der Waals surface area contributed by atoms with E-state index in [9.17, 15) is 14.3 Å². The maximum Gasteiger partial charge on any atom is 0.227 e. The minimum absolute atomic E-state index is 0.0396. The van der Waals surface area contributed by atoms with Crippen molar-refractivity contribution in [3.05, 3.63) is 65.5 Å². The maximum absolute atomic E-state index is 12.8. The fourth-order valence-corrected chi connectivity index (χ4v) is 2.09. The molecule has 0 aromatic heterocycles. The van der Waals surface area contributed by atoms with Crippen LogP contribution in [0.5, 0.6) is 5.75 Å². The van der Waals surface area contributed by atoms with E-state index in [-0.39, 0.29) is 29.9 Å². The van der Waals surface area contributed by atoms with Crippen molar-refractivity contribution in [3.63, 3.8) is 0 Å². The van der Waals surface area contributed by atoms with Crippen LogP contribution in [0.2, 0.25) is 0 Å². The number of nitrogens with zero attached hydrogens (tertiary/aromatic N) is 1. The van der Waals surface area contributed by atoms with Gasteiger partial charge >= 0.3 is 0 Å². The monoisotopic (exact) mass is 287 g/mol. The van der Waals surface area contributed by atoms with Crippen LogP contribution >= 0.6 is 0 Å². The van der Waals surface area contributed by atoms with Crippen molar-refractivity contribution in [1.29, 1.82) is 0 Å². The molecule has 0 aliphatic carbocycles. The van der Waals surface area contributed by atoms with Gasteiger partial charge in [-0.1, -0.05) is 24.3 Å². The molecule has 0 aliphatic rings. The Bertz CT molecular complexity index is 608. The number of rotatable bonds is 4. The van der Waals surface area contributed by atoms with Crippen molar-refractivity contribution >= 4 is 5.91 Å². The minimum atomic E-state index is -0.308. The lowest BCUT2D eigenvalue weighted by Crippen LogP contribution is -2.30. The van der Waals surface area contributed by atoms with E-state index in [1.165, 1.54) is 12.1 Å². The summed E-state index contributed by atoms with van der Waals surface area (Å²) < 4.78 is 12.8. The van der Waals surface area contributed by atoms with E-state index in [0.29, 0.717) is 0 Å². The molecular weight excluding hydrogens is 269 g/mol. The van der Waals surface area contributed by atoms with Gasteiger partial charge in [0.2, 0.25) is 5.91 Å². The first-order valence-electron chi connectivity index (χ1n) is 6.76. The normalized spacial score (nSPS) is 12.0. The molecule has 1 N–H and O–H groups in total. The fourth-order valence-electron chi connectivity index (χ4n) is 2.09. The summed E-state index contributed by atoms with van der Waals surface area (Å²) in [5, 5.41) is 9.29. The summed E-state index contributed by atoms with van der Waals surface area (Å²) in [6.45, 7) is 1.93. The number of phenols is 1. The molecule has 3 nitrogen and oxygen atoms in total. The minimum Gasteiger partial charge on any atom is -0.508 e. The highest BCUT2D eigenvalue weighted by molar-refractivity contribution is 5.79. The van der Waals surface area contributed by atoms with Gasteiger partial charge in [0.15, 0.2) is 0 Å². The summed E-state index contributed by atoms with van der Waals surface area (Å²) in [7, 11) is 1.74. The highest BCUT2D eigenvalue weighted by Gasteiger charge is 2.17. The Morgan fingerprint density at radius 1 is 1.14 bits per heavy atom. The number of benzene rings is 2. The lowest BCUT2D eigenvalue weighted by Gasteiger charge is -2.25. The smallest absolute Gasteiger partial charge is 0.227 e. The average molecular weight is 287 g/mol. The molecule has 21 heavy (non-hydrogen) atoms. The number of likely N-dealkylation sites (N-methyl/N-ethyl adjacent to an activating group) is 1. The number of aromatic hydroxyl groups is 1. The number of phenolic OH excluding ortho intramolecular Hbond substituents is 1. The van der Waals surface area contributed by atoms with Crippen molar-refractivity contribution in [3.8, 4) is 5.75 Å². The zero-order valence-electron chi connectivity index (χ0n) is 12.1. The van der Waals surface area contributed by atoms with Gasteiger partial charge in [-0.3, -0.25) is 4.79 Å². The second-order valence-corrected chi connectivity index (χ2v) is 5.08. The van der Waals surface area contributed by atoms with Crippen molar-refractivity contribution in [1.82, 2.24) is 4.90 Å². The van der Waals surface area contributed by atoms with Gasteiger partial charge in [0.25, 0.3) is 0 Å². The number of halogens is 1. The highest BCUT2D eigenvalue weighted by Crippen LogP contribution is 2.21. The van der Waals surface area contributed by atoms with E-state index in [4.69, 9.17) is 0 Å². The molecule has 2 rings (SSSR count). The molecule has 1 atom stereocenters. The summed E-state index contributed by atoms with van der Waals surface area (Å²) in [5.41, 5.74) is 1.73. The van der Waals surface area contributed by atoms with Crippen molar-refractivity contribution in [2.75, 3.05) is 7.05 Å². The first-order chi connectivity index (χ1) is 9.97. The molecule has 2 aromatic rings. The molecule has 0 saturated heterocycles. The molecule has 110 valence electrons. The van der Waals surface area contributed by atoms with E-state index >= 15 is 0 Å². The van der Waals surface area contributed by atoms with Crippen LogP contribution < -0.4 is 0 Å². The summed E-state index contributed by atoms with van der Waals surface area (Å²) in [6, 6.07) is 12.6. The number of amides is 1. The molecule has 0 bridgehead atoms. The molecule has 0 aliphatic heterocycles. The molecule has 1 amide bonds. The van der Waals surface area contributed by atoms with E-state index in [0.717, 1.165) is 11.1 Å². The SMILES string of the molecule is CC(c1ccc(O)cc1)N(C)C(=O)Cc1ccc(F)cc1. The van der Waals surface area contributed by atoms with Crippen molar-refractivity contribution in [2.45, 2.75) is 19.4 Å². The highest BCUT2D eigenvalue weighted by atomic mass is 19.1. The summed E-state index contributed by atoms with van der Waals surface area (Å²) in [6.07, 6.45) is 0.235. The van der Waals surface area contributed by atoms with Gasteiger partial charge in [0, 0.05) is 7.05 Å². The third-order valence-corrected chi connectivity index (χ3v) is 3.62. The number of hydrogen-bond donors (Lipinski definition) is 1. The van der Waals surface area contributed by atoms with Crippen LogP contribution in [0.4, 0.5) is 4.39 Å². The quantitative estimate of drug-likeness (QED) is 0.937. The Morgan fingerprint density at radius 3 is 2.29 bits per heavy atom. The Balaban J connectivity index is 2.04. The van der Waals surface area contributed by atoms with Gasteiger partial charge in [0.1, 0.15) is 11.6 Å². The van der Waals surface area contributed by atoms with Gasteiger partial charge in [-0.2, -0.15) is 0 Å². The van der Waals surface area contributed by atoms with Crippen molar-refractivity contribution < 1.29 is 14.3 Å². The lowest BCUT2D eigenvalue weighted by molar-refractivity contribution is -0.131. The van der Waals surface area contributed by atoms with Crippen LogP contribution in [0.1, 0.15) is 24.1 Å². The average Bonchev–Trinajstić information content (AvgIpc) is 2.49. The lowest BCUT2D eigenvalue weighted by atomic mass is 10.1. The largest absolute Gasteiger partial charge is 0.508 e. The molecule has 4 heteroatoms. The van der Waals surface area contributed by atoms with Crippen LogP contribution in [0, 0.1) is 5.82 Å². The first-order valence-corrected chi connectivity index (χ1v) is 6.76. The second kappa shape index (κ2) is 6.39. The number of carbonyl (C=O) groups excluding carboxylic acids is 1. The van der Waals surface area contributed by atoms with Crippen LogP contribution in [-0.2, 0) is 11.2 Å². The molecule has 0 heterocycles. The van der Waals surface area contributed by atoms with Gasteiger partial charge in [-0.05, 0) is 42.3 Å². The van der Waals surface area contributed by atoms with Crippen molar-refractivity contribution in [2.24, 2.45) is 0 Å². The Hall–Kier alpha value is -2.36. The topological polar surface area (TPSA) is 40.5 Å². The Morgan fingerprint density at radius 2 is 1.71 bits per heavy atom. The van der Waals surface area contributed by atoms with Crippen LogP contribution in [0.25, 0.3) is 0 Å². The van der Waals surface area contributed by atoms with Gasteiger partial charge in [-0.15, -0.1) is 0 Å². The molecular formula is C17H18FNO2. The van der Waals surface area contributed by atoms with E-state index in [2.05, 4.69) is 0 Å². The molecule has 0 radical (unpaired) electrons. The molecule has 0 fully saturated rings. The third kappa shape index (κ3) is 3.81. The van der Waals surface area contributed by atoms with Gasteiger partial charge in [-0.25, -0.2) is 4.39 Å². The number of hydrogen-bond acceptors (Lipinski definition) is 2. The summed E-state index contributed by atoms with van der Waals surface area (Å²) in [5.74, 6) is -0.148. The summed E-state index contributed by atoms with van der Waals surface area (Å²) in [4.78, 5) is 13.9. The van der Waals surface area contributed by atoms with E-state index in [1.54, 1.807) is 48.3 Å². The molecule has 0 spiro atoms. The zero-order chi connectivity index (χ0) is 15.4. The van der Waals surface area contributed by atoms with E-state index in [1.807, 2.05) is 6.92 Å².